The minimum absolute atomic E-state index is 0.124. The molecule has 7 heteroatoms. The Bertz CT molecular complexity index is 592. The van der Waals surface area contributed by atoms with Gasteiger partial charge in [0.25, 0.3) is 11.8 Å². The first kappa shape index (κ1) is 22.3. The van der Waals surface area contributed by atoms with Gasteiger partial charge in [-0.2, -0.15) is 0 Å². The van der Waals surface area contributed by atoms with Gasteiger partial charge in [0.15, 0.2) is 0 Å². The molecule has 1 saturated carbocycles. The van der Waals surface area contributed by atoms with Gasteiger partial charge in [-0.15, -0.1) is 0 Å². The Kier molecular flexibility index (Phi) is 7.50. The molecule has 1 fully saturated rings. The summed E-state index contributed by atoms with van der Waals surface area (Å²) in [6.45, 7) is 9.23. The van der Waals surface area contributed by atoms with E-state index in [2.05, 4.69) is 17.2 Å². The zero-order valence-electron chi connectivity index (χ0n) is 15.8. The van der Waals surface area contributed by atoms with Gasteiger partial charge in [-0.25, -0.2) is 13.2 Å². The van der Waals surface area contributed by atoms with E-state index in [9.17, 15) is 23.1 Å². The van der Waals surface area contributed by atoms with Gasteiger partial charge in [-0.1, -0.05) is 18.2 Å². The smallest absolute Gasteiger partial charge is 0.267 e. The molecule has 1 unspecified atom stereocenters. The summed E-state index contributed by atoms with van der Waals surface area (Å²) in [6, 6.07) is -1.07. The predicted molar refractivity (Wildman–Crippen MR) is 96.6 cm³/mol. The molecule has 0 aromatic carbocycles. The maximum Gasteiger partial charge on any atom is 0.267 e. The summed E-state index contributed by atoms with van der Waals surface area (Å²) in [4.78, 5) is 12.4. The van der Waals surface area contributed by atoms with Gasteiger partial charge in [-0.3, -0.25) is 4.79 Å². The number of hydrogen-bond donors (Lipinski definition) is 3. The number of carbonyl (C=O) groups excluding carboxylic acids is 1. The molecule has 0 aromatic heterocycles. The highest BCUT2D eigenvalue weighted by Gasteiger charge is 2.44. The van der Waals surface area contributed by atoms with Gasteiger partial charge in [-0.05, 0) is 46.6 Å². The fourth-order valence-electron chi connectivity index (χ4n) is 2.67. The Morgan fingerprint density at radius 2 is 2.08 bits per heavy atom. The van der Waals surface area contributed by atoms with Gasteiger partial charge in [0.2, 0.25) is 0 Å². The predicted octanol–water partition coefficient (Wildman–Crippen LogP) is 3.40. The molecule has 0 aliphatic heterocycles. The lowest BCUT2D eigenvalue weighted by Gasteiger charge is -2.25. The lowest BCUT2D eigenvalue weighted by atomic mass is 10.0. The molecule has 1 amide bonds. The van der Waals surface area contributed by atoms with E-state index >= 15 is 0 Å². The standard InChI is InChI=1S/C19H29F3N2O2/c1-6-13(17(25)23-11-15(20)18(4,5)26)14(10-12(2)3)24-16-8-7-9-19(16,21)22/h6,10,15-16,24,26H,2,7-9,11H2,1,3-5H3,(H,23,25)/b13-6+,14-10+/t15-,16?/m1/s1. The van der Waals surface area contributed by atoms with E-state index in [4.69, 9.17) is 0 Å². The van der Waals surface area contributed by atoms with Crippen molar-refractivity contribution < 1.29 is 23.1 Å². The molecule has 1 rings (SSSR count). The second-order valence-corrected chi connectivity index (χ2v) is 7.29. The molecule has 0 heterocycles. The maximum absolute atomic E-state index is 14.0. The fourth-order valence-corrected chi connectivity index (χ4v) is 2.67. The largest absolute Gasteiger partial charge is 0.387 e. The highest BCUT2D eigenvalue weighted by molar-refractivity contribution is 5.97. The Balaban J connectivity index is 2.93. The molecule has 0 spiro atoms. The van der Waals surface area contributed by atoms with Crippen molar-refractivity contribution in [2.75, 3.05) is 6.54 Å². The van der Waals surface area contributed by atoms with Crippen molar-refractivity contribution in [2.45, 2.75) is 70.7 Å². The molecule has 0 bridgehead atoms. The summed E-state index contributed by atoms with van der Waals surface area (Å²) in [5.74, 6) is -3.46. The number of halogens is 3. The van der Waals surface area contributed by atoms with Crippen molar-refractivity contribution in [3.8, 4) is 0 Å². The van der Waals surface area contributed by atoms with Crippen LogP contribution >= 0.6 is 0 Å². The number of rotatable bonds is 8. The van der Waals surface area contributed by atoms with E-state index in [0.717, 1.165) is 0 Å². The van der Waals surface area contributed by atoms with Crippen molar-refractivity contribution in [3.63, 3.8) is 0 Å². The van der Waals surface area contributed by atoms with Crippen LogP contribution in [0.15, 0.2) is 35.6 Å². The molecule has 26 heavy (non-hydrogen) atoms. The number of nitrogens with one attached hydrogen (secondary N) is 2. The molecular weight excluding hydrogens is 345 g/mol. The van der Waals surface area contributed by atoms with Crippen LogP contribution in [0.4, 0.5) is 13.2 Å². The zero-order valence-corrected chi connectivity index (χ0v) is 15.8. The van der Waals surface area contributed by atoms with Crippen molar-refractivity contribution in [2.24, 2.45) is 0 Å². The average Bonchev–Trinajstić information content (AvgIpc) is 2.82. The Morgan fingerprint density at radius 3 is 2.50 bits per heavy atom. The third-order valence-corrected chi connectivity index (χ3v) is 4.27. The number of amides is 1. The third-order valence-electron chi connectivity index (χ3n) is 4.27. The van der Waals surface area contributed by atoms with E-state index in [1.165, 1.54) is 26.0 Å². The first-order valence-electron chi connectivity index (χ1n) is 8.71. The van der Waals surface area contributed by atoms with E-state index in [0.29, 0.717) is 18.4 Å². The highest BCUT2D eigenvalue weighted by Crippen LogP contribution is 2.36. The highest BCUT2D eigenvalue weighted by atomic mass is 19.3. The third kappa shape index (κ3) is 6.20. The van der Waals surface area contributed by atoms with Gasteiger partial charge >= 0.3 is 0 Å². The van der Waals surface area contributed by atoms with E-state index < -0.39 is 29.6 Å². The van der Waals surface area contributed by atoms with Crippen LogP contribution in [0.1, 0.15) is 47.0 Å². The van der Waals surface area contributed by atoms with Crippen molar-refractivity contribution in [3.05, 3.63) is 35.6 Å². The lowest BCUT2D eigenvalue weighted by Crippen LogP contribution is -2.44. The number of allylic oxidation sites excluding steroid dienone is 3. The van der Waals surface area contributed by atoms with Crippen molar-refractivity contribution >= 4 is 5.91 Å². The van der Waals surface area contributed by atoms with Gasteiger partial charge in [0, 0.05) is 12.1 Å². The summed E-state index contributed by atoms with van der Waals surface area (Å²) in [6.07, 6.45) is 1.83. The second kappa shape index (κ2) is 8.75. The maximum atomic E-state index is 14.0. The molecule has 0 aromatic rings. The quantitative estimate of drug-likeness (QED) is 0.451. The summed E-state index contributed by atoms with van der Waals surface area (Å²) in [5, 5.41) is 14.8. The first-order valence-corrected chi connectivity index (χ1v) is 8.71. The van der Waals surface area contributed by atoms with Crippen LogP contribution in [0.3, 0.4) is 0 Å². The Morgan fingerprint density at radius 1 is 1.46 bits per heavy atom. The number of carbonyl (C=O) groups is 1. The molecule has 1 aliphatic carbocycles. The molecule has 0 saturated heterocycles. The summed E-state index contributed by atoms with van der Waals surface area (Å²) >= 11 is 0. The Hall–Kier alpha value is -1.76. The summed E-state index contributed by atoms with van der Waals surface area (Å²) in [5.41, 5.74) is -0.661. The SMILES string of the molecule is C=C(C)/C=C(NC1CCCC1(F)F)\C(=C/C)C(=O)NC[C@@H](F)C(C)(C)O. The first-order chi connectivity index (χ1) is 11.9. The zero-order chi connectivity index (χ0) is 20.1. The van der Waals surface area contributed by atoms with Gasteiger partial charge in [0.1, 0.15) is 6.17 Å². The van der Waals surface area contributed by atoms with Crippen LogP contribution < -0.4 is 10.6 Å². The fraction of sp³-hybridized carbons (Fsp3) is 0.632. The normalized spacial score (nSPS) is 22.1. The number of aliphatic hydroxyl groups is 1. The molecule has 1 aliphatic rings. The summed E-state index contributed by atoms with van der Waals surface area (Å²) < 4.78 is 41.8. The average molecular weight is 374 g/mol. The van der Waals surface area contributed by atoms with Crippen LogP contribution in [0.5, 0.6) is 0 Å². The van der Waals surface area contributed by atoms with Crippen LogP contribution in [0, 0.1) is 0 Å². The topological polar surface area (TPSA) is 61.4 Å². The molecular formula is C19H29F3N2O2. The van der Waals surface area contributed by atoms with Gasteiger partial charge in [0.05, 0.1) is 23.8 Å². The number of hydrogen-bond acceptors (Lipinski definition) is 3. The van der Waals surface area contributed by atoms with Crippen LogP contribution in [-0.4, -0.2) is 41.3 Å². The molecule has 3 N–H and O–H groups in total. The van der Waals surface area contributed by atoms with E-state index in [-0.39, 0.29) is 24.2 Å². The van der Waals surface area contributed by atoms with Crippen LogP contribution in [0.2, 0.25) is 0 Å². The minimum Gasteiger partial charge on any atom is -0.387 e. The summed E-state index contributed by atoms with van der Waals surface area (Å²) in [7, 11) is 0. The Labute approximate surface area is 153 Å². The molecule has 148 valence electrons. The van der Waals surface area contributed by atoms with Crippen LogP contribution in [0.25, 0.3) is 0 Å². The molecule has 0 radical (unpaired) electrons. The molecule has 2 atom stereocenters. The van der Waals surface area contributed by atoms with Crippen molar-refractivity contribution in [1.29, 1.82) is 0 Å². The minimum atomic E-state index is -2.85. The van der Waals surface area contributed by atoms with Crippen LogP contribution in [-0.2, 0) is 4.79 Å². The molecule has 4 nitrogen and oxygen atoms in total. The van der Waals surface area contributed by atoms with Crippen molar-refractivity contribution in [1.82, 2.24) is 10.6 Å². The monoisotopic (exact) mass is 374 g/mol. The van der Waals surface area contributed by atoms with E-state index in [1.807, 2.05) is 0 Å². The van der Waals surface area contributed by atoms with E-state index in [1.54, 1.807) is 13.8 Å². The number of alkyl halides is 3. The second-order valence-electron chi connectivity index (χ2n) is 7.29. The lowest BCUT2D eigenvalue weighted by molar-refractivity contribution is -0.118. The van der Waals surface area contributed by atoms with Gasteiger partial charge < -0.3 is 15.7 Å².